The van der Waals surface area contributed by atoms with E-state index in [4.69, 9.17) is 22.1 Å². The molecule has 0 aliphatic heterocycles. The molecule has 0 heterocycles. The molecule has 2 aromatic carbocycles. The van der Waals surface area contributed by atoms with Gasteiger partial charge in [-0.3, -0.25) is 0 Å². The molecule has 0 fully saturated rings. The zero-order valence-electron chi connectivity index (χ0n) is 11.1. The first-order valence-electron chi connectivity index (χ1n) is 6.09. The van der Waals surface area contributed by atoms with Crippen molar-refractivity contribution in [3.63, 3.8) is 0 Å². The lowest BCUT2D eigenvalue weighted by Crippen LogP contribution is -2.14. The van der Waals surface area contributed by atoms with Crippen molar-refractivity contribution in [3.8, 4) is 5.75 Å². The molecule has 2 rings (SSSR count). The molecule has 2 N–H and O–H groups in total. The Balaban J connectivity index is 2.43. The third-order valence-corrected chi connectivity index (χ3v) is 3.34. The van der Waals surface area contributed by atoms with E-state index in [1.165, 1.54) is 13.2 Å². The molecule has 0 saturated heterocycles. The second-order valence-corrected chi connectivity index (χ2v) is 4.92. The van der Waals surface area contributed by atoms with Gasteiger partial charge >= 0.3 is 6.18 Å². The topological polar surface area (TPSA) is 35.2 Å². The molecule has 2 nitrogen and oxygen atoms in total. The molecule has 0 amide bonds. The Hall–Kier alpha value is -1.72. The lowest BCUT2D eigenvalue weighted by Gasteiger charge is -2.17. The monoisotopic (exact) mass is 315 g/mol. The molecule has 0 aliphatic rings. The predicted octanol–water partition coefficient (Wildman–Crippen LogP) is 4.42. The highest BCUT2D eigenvalue weighted by Gasteiger charge is 2.31. The Morgan fingerprint density at radius 2 is 1.86 bits per heavy atom. The van der Waals surface area contributed by atoms with E-state index in [-0.39, 0.29) is 0 Å². The highest BCUT2D eigenvalue weighted by atomic mass is 35.5. The fourth-order valence-corrected chi connectivity index (χ4v) is 2.19. The van der Waals surface area contributed by atoms with E-state index >= 15 is 0 Å². The molecule has 0 bridgehead atoms. The fourth-order valence-electron chi connectivity index (χ4n) is 2.03. The minimum atomic E-state index is -4.40. The van der Waals surface area contributed by atoms with Gasteiger partial charge in [-0.05, 0) is 29.8 Å². The SMILES string of the molecule is COc1cc(Cl)ccc1C(N)c1cccc(C(F)(F)F)c1. The van der Waals surface area contributed by atoms with Crippen molar-refractivity contribution in [1.82, 2.24) is 0 Å². The summed E-state index contributed by atoms with van der Waals surface area (Å²) in [6.07, 6.45) is -4.40. The first-order valence-corrected chi connectivity index (χ1v) is 6.47. The van der Waals surface area contributed by atoms with Crippen molar-refractivity contribution in [3.05, 3.63) is 64.2 Å². The van der Waals surface area contributed by atoms with Gasteiger partial charge in [0.05, 0.1) is 18.7 Å². The van der Waals surface area contributed by atoms with Gasteiger partial charge in [0.2, 0.25) is 0 Å². The van der Waals surface area contributed by atoms with Crippen molar-refractivity contribution in [1.29, 1.82) is 0 Å². The molecular weight excluding hydrogens is 303 g/mol. The van der Waals surface area contributed by atoms with Crippen LogP contribution in [0.5, 0.6) is 5.75 Å². The number of methoxy groups -OCH3 is 1. The summed E-state index contributed by atoms with van der Waals surface area (Å²) in [5, 5.41) is 0.465. The molecule has 6 heteroatoms. The van der Waals surface area contributed by atoms with E-state index in [1.807, 2.05) is 0 Å². The number of ether oxygens (including phenoxy) is 1. The summed E-state index contributed by atoms with van der Waals surface area (Å²) < 4.78 is 43.4. The fraction of sp³-hybridized carbons (Fsp3) is 0.200. The van der Waals surface area contributed by atoms with Crippen molar-refractivity contribution in [2.75, 3.05) is 7.11 Å². The minimum absolute atomic E-state index is 0.352. The van der Waals surface area contributed by atoms with Gasteiger partial charge in [0.15, 0.2) is 0 Å². The van der Waals surface area contributed by atoms with E-state index in [2.05, 4.69) is 0 Å². The van der Waals surface area contributed by atoms with Crippen LogP contribution in [-0.2, 0) is 6.18 Å². The van der Waals surface area contributed by atoms with E-state index in [1.54, 1.807) is 24.3 Å². The molecule has 2 aromatic rings. The summed E-state index contributed by atoms with van der Waals surface area (Å²) in [7, 11) is 1.45. The summed E-state index contributed by atoms with van der Waals surface area (Å²) in [4.78, 5) is 0. The molecule has 0 radical (unpaired) electrons. The highest BCUT2D eigenvalue weighted by molar-refractivity contribution is 6.30. The van der Waals surface area contributed by atoms with Crippen molar-refractivity contribution >= 4 is 11.6 Å². The minimum Gasteiger partial charge on any atom is -0.496 e. The van der Waals surface area contributed by atoms with E-state index < -0.39 is 17.8 Å². The number of hydrogen-bond acceptors (Lipinski definition) is 2. The van der Waals surface area contributed by atoms with Crippen molar-refractivity contribution < 1.29 is 17.9 Å². The number of halogens is 4. The number of alkyl halides is 3. The first-order chi connectivity index (χ1) is 9.82. The van der Waals surface area contributed by atoms with Crippen LogP contribution in [-0.4, -0.2) is 7.11 Å². The van der Waals surface area contributed by atoms with Gasteiger partial charge in [-0.15, -0.1) is 0 Å². The molecule has 21 heavy (non-hydrogen) atoms. The summed E-state index contributed by atoms with van der Waals surface area (Å²) in [5.74, 6) is 0.437. The lowest BCUT2D eigenvalue weighted by atomic mass is 9.97. The van der Waals surface area contributed by atoms with Gasteiger partial charge < -0.3 is 10.5 Å². The maximum Gasteiger partial charge on any atom is 0.416 e. The van der Waals surface area contributed by atoms with Crippen LogP contribution < -0.4 is 10.5 Å². The maximum absolute atomic E-state index is 12.7. The molecule has 112 valence electrons. The number of rotatable bonds is 3. The quantitative estimate of drug-likeness (QED) is 0.910. The first kappa shape index (κ1) is 15.7. The third kappa shape index (κ3) is 3.49. The van der Waals surface area contributed by atoms with Crippen LogP contribution in [0.2, 0.25) is 5.02 Å². The zero-order chi connectivity index (χ0) is 15.6. The third-order valence-electron chi connectivity index (χ3n) is 3.10. The van der Waals surface area contributed by atoms with Crippen LogP contribution in [0.15, 0.2) is 42.5 Å². The van der Waals surface area contributed by atoms with Gasteiger partial charge in [-0.1, -0.05) is 29.8 Å². The molecule has 0 saturated carbocycles. The zero-order valence-corrected chi connectivity index (χ0v) is 11.9. The van der Waals surface area contributed by atoms with Crippen molar-refractivity contribution in [2.24, 2.45) is 5.73 Å². The maximum atomic E-state index is 12.7. The molecule has 1 unspecified atom stereocenters. The molecule has 0 aromatic heterocycles. The number of benzene rings is 2. The van der Waals surface area contributed by atoms with Gasteiger partial charge in [0.1, 0.15) is 5.75 Å². The molecule has 1 atom stereocenters. The molecular formula is C15H13ClF3NO. The largest absolute Gasteiger partial charge is 0.496 e. The summed E-state index contributed by atoms with van der Waals surface area (Å²) in [6.45, 7) is 0. The highest BCUT2D eigenvalue weighted by Crippen LogP contribution is 2.34. The number of hydrogen-bond donors (Lipinski definition) is 1. The van der Waals surface area contributed by atoms with Crippen LogP contribution in [0.3, 0.4) is 0 Å². The number of nitrogens with two attached hydrogens (primary N) is 1. The predicted molar refractivity (Wildman–Crippen MR) is 75.5 cm³/mol. The molecule has 0 aliphatic carbocycles. The van der Waals surface area contributed by atoms with Gasteiger partial charge in [-0.25, -0.2) is 0 Å². The Morgan fingerprint density at radius 3 is 2.48 bits per heavy atom. The van der Waals surface area contributed by atoms with Gasteiger partial charge in [-0.2, -0.15) is 13.2 Å². The average molecular weight is 316 g/mol. The molecule has 0 spiro atoms. The van der Waals surface area contributed by atoms with E-state index in [0.29, 0.717) is 21.9 Å². The lowest BCUT2D eigenvalue weighted by molar-refractivity contribution is -0.137. The second kappa shape index (κ2) is 5.95. The summed E-state index contributed by atoms with van der Waals surface area (Å²) >= 11 is 5.86. The second-order valence-electron chi connectivity index (χ2n) is 4.49. The standard InChI is InChI=1S/C15H13ClF3NO/c1-21-13-8-11(16)5-6-12(13)14(20)9-3-2-4-10(7-9)15(17,18)19/h2-8,14H,20H2,1H3. The van der Waals surface area contributed by atoms with Crippen LogP contribution in [0.4, 0.5) is 13.2 Å². The van der Waals surface area contributed by atoms with Crippen LogP contribution >= 0.6 is 11.6 Å². The summed E-state index contributed by atoms with van der Waals surface area (Å²) in [5.41, 5.74) is 6.25. The average Bonchev–Trinajstić information content (AvgIpc) is 2.45. The van der Waals surface area contributed by atoms with E-state index in [9.17, 15) is 13.2 Å². The van der Waals surface area contributed by atoms with Gasteiger partial charge in [0, 0.05) is 10.6 Å². The van der Waals surface area contributed by atoms with Crippen LogP contribution in [0, 0.1) is 0 Å². The Bertz CT molecular complexity index is 643. The van der Waals surface area contributed by atoms with Crippen LogP contribution in [0.25, 0.3) is 0 Å². The van der Waals surface area contributed by atoms with Crippen LogP contribution in [0.1, 0.15) is 22.7 Å². The summed E-state index contributed by atoms with van der Waals surface area (Å²) in [6, 6.07) is 9.03. The Morgan fingerprint density at radius 1 is 1.14 bits per heavy atom. The Kier molecular flexibility index (Phi) is 4.44. The smallest absolute Gasteiger partial charge is 0.416 e. The normalized spacial score (nSPS) is 13.0. The Labute approximate surface area is 125 Å². The van der Waals surface area contributed by atoms with E-state index in [0.717, 1.165) is 12.1 Å². The van der Waals surface area contributed by atoms with Crippen molar-refractivity contribution in [2.45, 2.75) is 12.2 Å². The van der Waals surface area contributed by atoms with Gasteiger partial charge in [0.25, 0.3) is 0 Å².